The molecular weight excluding hydrogens is 589 g/mol. The molecule has 37 heavy (non-hydrogen) atoms. The average Bonchev–Trinajstić information content (AvgIpc) is 2.99. The van der Waals surface area contributed by atoms with Gasteiger partial charge in [-0.05, 0) is 0 Å². The molecule has 7 nitrogen and oxygen atoms in total. The number of rotatable bonds is 4. The third-order valence-electron chi connectivity index (χ3n) is 7.71. The minimum absolute atomic E-state index is 0.138. The molecule has 4 aromatic rings. The summed E-state index contributed by atoms with van der Waals surface area (Å²) in [6, 6.07) is 10.8. The monoisotopic (exact) mass is 611 g/mol. The molecule has 1 aromatic carbocycles. The molecule has 188 valence electrons. The van der Waals surface area contributed by atoms with Gasteiger partial charge in [-0.15, -0.1) is 0 Å². The van der Waals surface area contributed by atoms with Crippen molar-refractivity contribution >= 4 is 5.91 Å². The number of pyridine rings is 1. The molecule has 0 unspecified atom stereocenters. The second kappa shape index (κ2) is 8.57. The van der Waals surface area contributed by atoms with E-state index < -0.39 is 23.0 Å². The maximum atomic E-state index is 14.6. The zero-order valence-electron chi connectivity index (χ0n) is 20.0. The van der Waals surface area contributed by atoms with E-state index in [4.69, 9.17) is 10.7 Å². The molecule has 0 spiro atoms. The first-order valence-electron chi connectivity index (χ1n) is 11.7. The summed E-state index contributed by atoms with van der Waals surface area (Å²) in [6.07, 6.45) is 3.22. The van der Waals surface area contributed by atoms with Crippen LogP contribution in [0.5, 0.6) is 0 Å². The first-order valence-corrected chi connectivity index (χ1v) is 14.7. The van der Waals surface area contributed by atoms with Crippen molar-refractivity contribution in [1.29, 1.82) is 0 Å². The standard InChI is InChI=1S/C27H22F2IN6O/c1-26(2)16-12-30-13-27(26,21-7-9-33-25(34-21)14-6-8-32-20(10-14)24(31)37)23-15(16)11-19(35-36-23)22-17(28)4-3-5-18(22)29/h3-11,16H,12-13H2,1-2H3,(H2,31,37)/q-1/t16-,27-/m0/s1. The molecule has 1 aliphatic heterocycles. The second-order valence-electron chi connectivity index (χ2n) is 9.85. The van der Waals surface area contributed by atoms with Crippen LogP contribution in [0.3, 0.4) is 0 Å². The van der Waals surface area contributed by atoms with Crippen molar-refractivity contribution < 1.29 is 34.8 Å². The van der Waals surface area contributed by atoms with Crippen molar-refractivity contribution in [3.8, 4) is 22.6 Å². The van der Waals surface area contributed by atoms with Crippen LogP contribution in [0, 0.1) is 17.0 Å². The Balaban J connectivity index is 1.52. The van der Waals surface area contributed by atoms with Crippen LogP contribution in [0.4, 0.5) is 8.78 Å². The van der Waals surface area contributed by atoms with Gasteiger partial charge in [0.2, 0.25) is 0 Å². The number of hydrogen-bond acceptors (Lipinski definition) is 6. The summed E-state index contributed by atoms with van der Waals surface area (Å²) in [4.78, 5) is 25.1. The van der Waals surface area contributed by atoms with Crippen LogP contribution in [0.2, 0.25) is 0 Å². The van der Waals surface area contributed by atoms with Gasteiger partial charge in [-0.25, -0.2) is 0 Å². The molecule has 2 N–H and O–H groups in total. The first-order chi connectivity index (χ1) is 17.7. The fourth-order valence-electron chi connectivity index (χ4n) is 5.64. The molecule has 1 aliphatic carbocycles. The molecule has 0 radical (unpaired) electrons. The molecule has 3 aromatic heterocycles. The molecule has 4 heterocycles. The van der Waals surface area contributed by atoms with Crippen molar-refractivity contribution in [2.75, 3.05) is 8.86 Å². The topological polar surface area (TPSA) is 108 Å². The van der Waals surface area contributed by atoms with Gasteiger partial charge in [-0.3, -0.25) is 0 Å². The third-order valence-corrected chi connectivity index (χ3v) is 10.9. The number of carbonyl (C=O) groups is 1. The van der Waals surface area contributed by atoms with E-state index >= 15 is 0 Å². The molecule has 1 saturated heterocycles. The Morgan fingerprint density at radius 2 is 1.81 bits per heavy atom. The van der Waals surface area contributed by atoms with Crippen LogP contribution in [0.1, 0.15) is 47.2 Å². The number of carbonyl (C=O) groups excluding carboxylic acids is 1. The number of hydrogen-bond donors (Lipinski definition) is 1. The van der Waals surface area contributed by atoms with Crippen LogP contribution < -0.4 is 26.9 Å². The van der Waals surface area contributed by atoms with E-state index in [0.717, 1.165) is 25.8 Å². The fraction of sp³-hybridized carbons (Fsp3) is 0.259. The van der Waals surface area contributed by atoms with Gasteiger partial charge >= 0.3 is 223 Å². The molecule has 1 amide bonds. The molecule has 2 atom stereocenters. The first kappa shape index (κ1) is 24.0. The van der Waals surface area contributed by atoms with Crippen molar-refractivity contribution in [2.45, 2.75) is 25.2 Å². The normalized spacial score (nSPS) is 21.7. The fourth-order valence-corrected chi connectivity index (χ4v) is 10.7. The van der Waals surface area contributed by atoms with E-state index in [1.54, 1.807) is 18.3 Å². The van der Waals surface area contributed by atoms with Crippen LogP contribution in [-0.4, -0.2) is 39.9 Å². The van der Waals surface area contributed by atoms with Crippen molar-refractivity contribution in [1.82, 2.24) is 25.1 Å². The van der Waals surface area contributed by atoms with Gasteiger partial charge in [0.1, 0.15) is 0 Å². The van der Waals surface area contributed by atoms with Gasteiger partial charge in [-0.1, -0.05) is 0 Å². The number of fused-ring (bicyclic) bond motifs is 5. The summed E-state index contributed by atoms with van der Waals surface area (Å²) in [5, 5.41) is 8.98. The molecule has 10 heteroatoms. The van der Waals surface area contributed by atoms with Gasteiger partial charge in [-0.2, -0.15) is 0 Å². The average molecular weight is 611 g/mol. The van der Waals surface area contributed by atoms with Crippen molar-refractivity contribution in [3.05, 3.63) is 89.1 Å². The number of alkyl halides is 2. The van der Waals surface area contributed by atoms with E-state index in [9.17, 15) is 13.6 Å². The molecule has 2 bridgehead atoms. The Morgan fingerprint density at radius 1 is 1.05 bits per heavy atom. The van der Waals surface area contributed by atoms with Crippen LogP contribution in [0.25, 0.3) is 22.6 Å². The summed E-state index contributed by atoms with van der Waals surface area (Å²) in [5.74, 6) is -1.33. The molecule has 2 aliphatic rings. The summed E-state index contributed by atoms with van der Waals surface area (Å²) in [5.41, 5.74) is 8.06. The van der Waals surface area contributed by atoms with Gasteiger partial charge in [0.25, 0.3) is 0 Å². The molecule has 6 rings (SSSR count). The Hall–Kier alpha value is -3.41. The number of nitrogens with zero attached hydrogens (tertiary/aromatic N) is 5. The van der Waals surface area contributed by atoms with Gasteiger partial charge in [0.05, 0.1) is 0 Å². The Bertz CT molecular complexity index is 1560. The number of benzene rings is 1. The molecule has 0 saturated carbocycles. The summed E-state index contributed by atoms with van der Waals surface area (Å²) in [7, 11) is 0. The van der Waals surface area contributed by atoms with E-state index in [1.165, 1.54) is 24.4 Å². The Labute approximate surface area is 222 Å². The number of amides is 1. The zero-order chi connectivity index (χ0) is 25.9. The molecular formula is C27H22F2IN6O-. The van der Waals surface area contributed by atoms with Crippen molar-refractivity contribution in [3.63, 3.8) is 0 Å². The number of halogens is 3. The Morgan fingerprint density at radius 3 is 2.57 bits per heavy atom. The van der Waals surface area contributed by atoms with E-state index in [-0.39, 0.29) is 49.5 Å². The van der Waals surface area contributed by atoms with Crippen LogP contribution in [0.15, 0.2) is 54.9 Å². The summed E-state index contributed by atoms with van der Waals surface area (Å²) in [6.45, 7) is 4.43. The summed E-state index contributed by atoms with van der Waals surface area (Å²) >= 11 is -0.191. The number of nitrogens with two attached hydrogens (primary N) is 1. The van der Waals surface area contributed by atoms with E-state index in [1.807, 2.05) is 12.1 Å². The minimum atomic E-state index is -0.662. The SMILES string of the molecule is CC1(C)[C@H]2C[I-]C[C@]1(c1ccnc(-c3ccnc(C(N)=O)c3)n1)c1nnc(-c3c(F)cccc3F)cc12. The number of primary amides is 1. The number of aromatic nitrogens is 5. The van der Waals surface area contributed by atoms with E-state index in [2.05, 4.69) is 34.0 Å². The molecule has 1 fully saturated rings. The third kappa shape index (κ3) is 3.48. The summed E-state index contributed by atoms with van der Waals surface area (Å²) < 4.78 is 31.1. The van der Waals surface area contributed by atoms with Gasteiger partial charge in [0, 0.05) is 0 Å². The second-order valence-corrected chi connectivity index (χ2v) is 12.6. The van der Waals surface area contributed by atoms with E-state index in [0.29, 0.717) is 11.4 Å². The quantitative estimate of drug-likeness (QED) is 0.272. The zero-order valence-corrected chi connectivity index (χ0v) is 22.2. The van der Waals surface area contributed by atoms with Crippen LogP contribution >= 0.6 is 0 Å². The van der Waals surface area contributed by atoms with Gasteiger partial charge < -0.3 is 0 Å². The Kier molecular flexibility index (Phi) is 5.55. The van der Waals surface area contributed by atoms with Crippen LogP contribution in [-0.2, 0) is 5.41 Å². The predicted octanol–water partition coefficient (Wildman–Crippen LogP) is 0.885. The van der Waals surface area contributed by atoms with Crippen molar-refractivity contribution in [2.24, 2.45) is 11.1 Å². The van der Waals surface area contributed by atoms with Gasteiger partial charge in [0.15, 0.2) is 0 Å². The maximum absolute atomic E-state index is 14.6. The predicted molar refractivity (Wildman–Crippen MR) is 128 cm³/mol.